The van der Waals surface area contributed by atoms with E-state index < -0.39 is 10.0 Å². The molecule has 22 heavy (non-hydrogen) atoms. The van der Waals surface area contributed by atoms with Crippen molar-refractivity contribution in [2.75, 3.05) is 13.1 Å². The van der Waals surface area contributed by atoms with Crippen LogP contribution in [0.4, 0.5) is 0 Å². The number of hydrogen-bond donors (Lipinski definition) is 0. The van der Waals surface area contributed by atoms with Crippen molar-refractivity contribution >= 4 is 33.2 Å². The maximum absolute atomic E-state index is 12.4. The number of nitrogens with zero attached hydrogens (tertiary/aromatic N) is 2. The fourth-order valence-electron chi connectivity index (χ4n) is 2.03. The monoisotopic (exact) mass is 358 g/mol. The fraction of sp³-hybridized carbons (Fsp3) is 0.214. The number of hydrogen-bond acceptors (Lipinski definition) is 4. The van der Waals surface area contributed by atoms with E-state index in [4.69, 9.17) is 27.9 Å². The van der Waals surface area contributed by atoms with Crippen molar-refractivity contribution in [3.63, 3.8) is 0 Å². The van der Waals surface area contributed by atoms with Gasteiger partial charge in [-0.05, 0) is 30.3 Å². The second-order valence-electron chi connectivity index (χ2n) is 4.83. The summed E-state index contributed by atoms with van der Waals surface area (Å²) in [5.41, 5.74) is 0. The number of ether oxygens (including phenoxy) is 1. The van der Waals surface area contributed by atoms with Crippen LogP contribution in [0.2, 0.25) is 10.0 Å². The maximum atomic E-state index is 12.4. The van der Waals surface area contributed by atoms with Gasteiger partial charge in [-0.2, -0.15) is 4.31 Å². The van der Waals surface area contributed by atoms with Gasteiger partial charge in [0, 0.05) is 17.3 Å². The van der Waals surface area contributed by atoms with Gasteiger partial charge in [-0.15, -0.1) is 0 Å². The molecule has 0 saturated carbocycles. The van der Waals surface area contributed by atoms with Crippen LogP contribution in [0.5, 0.6) is 5.88 Å². The molecule has 0 radical (unpaired) electrons. The van der Waals surface area contributed by atoms with E-state index in [1.54, 1.807) is 24.3 Å². The molecule has 1 saturated heterocycles. The minimum absolute atomic E-state index is 0.212. The van der Waals surface area contributed by atoms with E-state index in [0.29, 0.717) is 15.9 Å². The number of rotatable bonds is 4. The van der Waals surface area contributed by atoms with Gasteiger partial charge < -0.3 is 4.74 Å². The molecule has 0 bridgehead atoms. The number of halogens is 2. The molecule has 0 atom stereocenters. The number of sulfonamides is 1. The molecule has 1 aliphatic heterocycles. The molecule has 1 aromatic heterocycles. The topological polar surface area (TPSA) is 59.5 Å². The third kappa shape index (κ3) is 3.20. The van der Waals surface area contributed by atoms with Gasteiger partial charge in [0.2, 0.25) is 15.9 Å². The van der Waals surface area contributed by atoms with Crippen LogP contribution < -0.4 is 4.74 Å². The van der Waals surface area contributed by atoms with Gasteiger partial charge >= 0.3 is 0 Å². The summed E-state index contributed by atoms with van der Waals surface area (Å²) in [4.78, 5) is 4.24. The van der Waals surface area contributed by atoms with E-state index in [1.165, 1.54) is 22.6 Å². The smallest absolute Gasteiger partial charge is 0.243 e. The van der Waals surface area contributed by atoms with E-state index in [0.717, 1.165) is 0 Å². The molecular weight excluding hydrogens is 347 g/mol. The van der Waals surface area contributed by atoms with Crippen LogP contribution in [0.15, 0.2) is 47.5 Å². The number of aromatic nitrogens is 1. The van der Waals surface area contributed by atoms with Gasteiger partial charge in [-0.1, -0.05) is 23.2 Å². The van der Waals surface area contributed by atoms with Gasteiger partial charge in [0.1, 0.15) is 6.10 Å². The molecule has 8 heteroatoms. The first-order valence-electron chi connectivity index (χ1n) is 6.49. The Bertz CT molecular complexity index is 758. The lowest BCUT2D eigenvalue weighted by Gasteiger charge is -2.37. The van der Waals surface area contributed by atoms with Crippen LogP contribution in [0.1, 0.15) is 0 Å². The lowest BCUT2D eigenvalue weighted by molar-refractivity contribution is 0.0721. The van der Waals surface area contributed by atoms with Gasteiger partial charge in [0.15, 0.2) is 0 Å². The molecule has 0 spiro atoms. The van der Waals surface area contributed by atoms with Crippen molar-refractivity contribution < 1.29 is 13.2 Å². The van der Waals surface area contributed by atoms with Crippen molar-refractivity contribution in [3.8, 4) is 5.88 Å². The van der Waals surface area contributed by atoms with Crippen molar-refractivity contribution in [2.24, 2.45) is 0 Å². The van der Waals surface area contributed by atoms with E-state index in [-0.39, 0.29) is 24.1 Å². The Kier molecular flexibility index (Phi) is 4.27. The first-order chi connectivity index (χ1) is 10.4. The Labute approximate surface area is 138 Å². The van der Waals surface area contributed by atoms with Gasteiger partial charge in [0.05, 0.1) is 23.0 Å². The summed E-state index contributed by atoms with van der Waals surface area (Å²) in [5.74, 6) is 0.429. The summed E-state index contributed by atoms with van der Waals surface area (Å²) in [5, 5.41) is 1.02. The highest BCUT2D eigenvalue weighted by atomic mass is 35.5. The van der Waals surface area contributed by atoms with Crippen molar-refractivity contribution in [2.45, 2.75) is 11.0 Å². The largest absolute Gasteiger partial charge is 0.472 e. The summed E-state index contributed by atoms with van der Waals surface area (Å²) in [7, 11) is -3.50. The van der Waals surface area contributed by atoms with Crippen molar-refractivity contribution in [1.82, 2.24) is 9.29 Å². The fourth-order valence-corrected chi connectivity index (χ4v) is 3.77. The zero-order valence-electron chi connectivity index (χ0n) is 11.3. The molecule has 2 heterocycles. The van der Waals surface area contributed by atoms with Crippen molar-refractivity contribution in [1.29, 1.82) is 0 Å². The second-order valence-corrected chi connectivity index (χ2v) is 7.64. The third-order valence-electron chi connectivity index (χ3n) is 3.25. The Morgan fingerprint density at radius 1 is 1.05 bits per heavy atom. The molecule has 2 aromatic rings. The lowest BCUT2D eigenvalue weighted by atomic mass is 10.2. The quantitative estimate of drug-likeness (QED) is 0.842. The molecule has 1 fully saturated rings. The van der Waals surface area contributed by atoms with E-state index in [1.807, 2.05) is 0 Å². The predicted molar refractivity (Wildman–Crippen MR) is 83.9 cm³/mol. The average Bonchev–Trinajstić information content (AvgIpc) is 2.44. The third-order valence-corrected chi connectivity index (χ3v) is 5.58. The summed E-state index contributed by atoms with van der Waals surface area (Å²) in [6, 6.07) is 9.42. The molecule has 116 valence electrons. The van der Waals surface area contributed by atoms with E-state index >= 15 is 0 Å². The standard InChI is InChI=1S/C14H12Cl2N2O3S/c15-10-1-4-13(5-2-10)22(19,20)18-8-12(9-18)21-14-6-3-11(16)7-17-14/h1-7,12H,8-9H2. The van der Waals surface area contributed by atoms with Gasteiger partial charge in [-0.3, -0.25) is 0 Å². The highest BCUT2D eigenvalue weighted by Crippen LogP contribution is 2.25. The average molecular weight is 359 g/mol. The normalized spacial score (nSPS) is 16.3. The lowest BCUT2D eigenvalue weighted by Crippen LogP contribution is -2.56. The van der Waals surface area contributed by atoms with Gasteiger partial charge in [-0.25, -0.2) is 13.4 Å². The zero-order chi connectivity index (χ0) is 15.7. The van der Waals surface area contributed by atoms with Gasteiger partial charge in [0.25, 0.3) is 0 Å². The molecular formula is C14H12Cl2N2O3S. The minimum Gasteiger partial charge on any atom is -0.472 e. The Hall–Kier alpha value is -1.34. The van der Waals surface area contributed by atoms with Crippen LogP contribution in [-0.4, -0.2) is 36.9 Å². The summed E-state index contributed by atoms with van der Waals surface area (Å²) >= 11 is 11.5. The van der Waals surface area contributed by atoms with E-state index in [9.17, 15) is 8.42 Å². The Balaban J connectivity index is 1.62. The first-order valence-corrected chi connectivity index (χ1v) is 8.69. The molecule has 1 aromatic carbocycles. The van der Waals surface area contributed by atoms with Crippen LogP contribution >= 0.6 is 23.2 Å². The van der Waals surface area contributed by atoms with E-state index in [2.05, 4.69) is 4.98 Å². The highest BCUT2D eigenvalue weighted by molar-refractivity contribution is 7.89. The van der Waals surface area contributed by atoms with Crippen LogP contribution in [0.3, 0.4) is 0 Å². The molecule has 0 N–H and O–H groups in total. The van der Waals surface area contributed by atoms with Crippen LogP contribution in [0, 0.1) is 0 Å². The number of benzene rings is 1. The SMILES string of the molecule is O=S(=O)(c1ccc(Cl)cc1)N1CC(Oc2ccc(Cl)cn2)C1. The first kappa shape index (κ1) is 15.6. The zero-order valence-corrected chi connectivity index (χ0v) is 13.6. The molecule has 0 aliphatic carbocycles. The van der Waals surface area contributed by atoms with Crippen LogP contribution in [-0.2, 0) is 10.0 Å². The molecule has 5 nitrogen and oxygen atoms in total. The molecule has 0 unspecified atom stereocenters. The minimum atomic E-state index is -3.50. The molecule has 0 amide bonds. The summed E-state index contributed by atoms with van der Waals surface area (Å²) < 4.78 is 31.7. The molecule has 3 rings (SSSR count). The summed E-state index contributed by atoms with van der Waals surface area (Å²) in [6.45, 7) is 0.574. The Morgan fingerprint density at radius 3 is 2.27 bits per heavy atom. The summed E-state index contributed by atoms with van der Waals surface area (Å²) in [6.07, 6.45) is 1.27. The Morgan fingerprint density at radius 2 is 1.68 bits per heavy atom. The second kappa shape index (κ2) is 6.04. The molecule has 1 aliphatic rings. The number of pyridine rings is 1. The van der Waals surface area contributed by atoms with Crippen LogP contribution in [0.25, 0.3) is 0 Å². The van der Waals surface area contributed by atoms with Crippen molar-refractivity contribution in [3.05, 3.63) is 52.6 Å². The highest BCUT2D eigenvalue weighted by Gasteiger charge is 2.38. The maximum Gasteiger partial charge on any atom is 0.243 e. The predicted octanol–water partition coefficient (Wildman–Crippen LogP) is 2.84.